The third-order valence-corrected chi connectivity index (χ3v) is 3.15. The van der Waals surface area contributed by atoms with E-state index in [4.69, 9.17) is 14.2 Å². The molecule has 0 radical (unpaired) electrons. The van der Waals surface area contributed by atoms with Gasteiger partial charge in [0.1, 0.15) is 12.2 Å². The second-order valence-corrected chi connectivity index (χ2v) is 4.95. The zero-order valence-electron chi connectivity index (χ0n) is 11.9. The number of carbonyl (C=O) groups excluding carboxylic acids is 1. The van der Waals surface area contributed by atoms with Crippen LogP contribution in [0.2, 0.25) is 0 Å². The highest BCUT2D eigenvalue weighted by molar-refractivity contribution is 5.66. The van der Waals surface area contributed by atoms with Crippen molar-refractivity contribution in [1.82, 2.24) is 0 Å². The average Bonchev–Trinajstić information content (AvgIpc) is 2.43. The van der Waals surface area contributed by atoms with Gasteiger partial charge in [0, 0.05) is 18.9 Å². The van der Waals surface area contributed by atoms with Gasteiger partial charge in [-0.3, -0.25) is 4.79 Å². The van der Waals surface area contributed by atoms with Crippen LogP contribution in [0.25, 0.3) is 0 Å². The van der Waals surface area contributed by atoms with E-state index in [1.165, 1.54) is 6.92 Å². The first-order valence-corrected chi connectivity index (χ1v) is 6.76. The van der Waals surface area contributed by atoms with E-state index in [1.54, 1.807) is 6.26 Å². The van der Waals surface area contributed by atoms with Crippen LogP contribution < -0.4 is 0 Å². The third kappa shape index (κ3) is 4.38. The maximum Gasteiger partial charge on any atom is 0.303 e. The first-order chi connectivity index (χ1) is 9.65. The van der Waals surface area contributed by atoms with Gasteiger partial charge in [-0.15, -0.1) is 0 Å². The molecule has 1 aliphatic heterocycles. The molecule has 4 nitrogen and oxygen atoms in total. The Morgan fingerprint density at radius 2 is 2.10 bits per heavy atom. The molecule has 1 heterocycles. The lowest BCUT2D eigenvalue weighted by Gasteiger charge is -2.28. The lowest BCUT2D eigenvalue weighted by molar-refractivity contribution is -0.147. The summed E-state index contributed by atoms with van der Waals surface area (Å²) in [6, 6.07) is 9.99. The molecule has 108 valence electrons. The molecule has 0 amide bonds. The fraction of sp³-hybridized carbons (Fsp3) is 0.438. The number of esters is 1. The Hall–Kier alpha value is -1.81. The van der Waals surface area contributed by atoms with E-state index < -0.39 is 0 Å². The Morgan fingerprint density at radius 1 is 1.35 bits per heavy atom. The Kier molecular flexibility index (Phi) is 5.18. The molecule has 0 aromatic heterocycles. The minimum Gasteiger partial charge on any atom is -0.495 e. The summed E-state index contributed by atoms with van der Waals surface area (Å²) in [5, 5.41) is 0. The molecule has 1 aromatic carbocycles. The number of ether oxygens (including phenoxy) is 3. The van der Waals surface area contributed by atoms with E-state index >= 15 is 0 Å². The zero-order valence-corrected chi connectivity index (χ0v) is 11.9. The van der Waals surface area contributed by atoms with E-state index in [0.717, 1.165) is 11.1 Å². The Morgan fingerprint density at radius 3 is 2.80 bits per heavy atom. The van der Waals surface area contributed by atoms with E-state index in [9.17, 15) is 4.79 Å². The van der Waals surface area contributed by atoms with Crippen molar-refractivity contribution in [2.24, 2.45) is 0 Å². The molecule has 0 N–H and O–H groups in total. The average molecular weight is 276 g/mol. The summed E-state index contributed by atoms with van der Waals surface area (Å²) in [6.07, 6.45) is 2.02. The standard InChI is InChI=1S/C16H20O4/c1-12-9-19-15(8-16(12)20-13(2)17)11-18-10-14-6-4-3-5-7-14/h3-7,9,15-16H,8,10-11H2,1-2H3/t15-,16-/m0/s1. The third-order valence-electron chi connectivity index (χ3n) is 3.15. The maximum absolute atomic E-state index is 11.0. The van der Waals surface area contributed by atoms with Gasteiger partial charge in [-0.2, -0.15) is 0 Å². The van der Waals surface area contributed by atoms with Crippen molar-refractivity contribution >= 4 is 5.97 Å². The van der Waals surface area contributed by atoms with Gasteiger partial charge >= 0.3 is 5.97 Å². The lowest BCUT2D eigenvalue weighted by Crippen LogP contribution is -2.31. The second-order valence-electron chi connectivity index (χ2n) is 4.95. The van der Waals surface area contributed by atoms with Crippen LogP contribution in [0, 0.1) is 0 Å². The summed E-state index contributed by atoms with van der Waals surface area (Å²) >= 11 is 0. The van der Waals surface area contributed by atoms with Crippen molar-refractivity contribution in [3.8, 4) is 0 Å². The van der Waals surface area contributed by atoms with Crippen LogP contribution in [0.1, 0.15) is 25.8 Å². The second kappa shape index (κ2) is 7.10. The minimum atomic E-state index is -0.270. The Labute approximate surface area is 119 Å². The highest BCUT2D eigenvalue weighted by Crippen LogP contribution is 2.21. The van der Waals surface area contributed by atoms with Gasteiger partial charge in [-0.1, -0.05) is 30.3 Å². The van der Waals surface area contributed by atoms with Crippen molar-refractivity contribution in [3.63, 3.8) is 0 Å². The summed E-state index contributed by atoms with van der Waals surface area (Å²) < 4.78 is 16.5. The maximum atomic E-state index is 11.0. The van der Waals surface area contributed by atoms with Crippen molar-refractivity contribution in [3.05, 3.63) is 47.7 Å². The molecule has 1 aromatic rings. The van der Waals surface area contributed by atoms with Gasteiger partial charge in [-0.25, -0.2) is 0 Å². The predicted molar refractivity (Wildman–Crippen MR) is 74.9 cm³/mol. The monoisotopic (exact) mass is 276 g/mol. The summed E-state index contributed by atoms with van der Waals surface area (Å²) in [7, 11) is 0. The normalized spacial score (nSPS) is 21.8. The van der Waals surface area contributed by atoms with Gasteiger partial charge in [0.15, 0.2) is 0 Å². The van der Waals surface area contributed by atoms with E-state index in [0.29, 0.717) is 19.6 Å². The number of benzene rings is 1. The highest BCUT2D eigenvalue weighted by Gasteiger charge is 2.25. The van der Waals surface area contributed by atoms with Crippen molar-refractivity contribution in [1.29, 1.82) is 0 Å². The SMILES string of the molecule is CC(=O)O[C@H]1C[C@@H](COCc2ccccc2)OC=C1C. The Bertz CT molecular complexity index is 467. The smallest absolute Gasteiger partial charge is 0.303 e. The summed E-state index contributed by atoms with van der Waals surface area (Å²) in [5.74, 6) is -0.270. The number of hydrogen-bond donors (Lipinski definition) is 0. The molecule has 0 saturated carbocycles. The Balaban J connectivity index is 1.78. The van der Waals surface area contributed by atoms with Gasteiger partial charge < -0.3 is 14.2 Å². The molecule has 0 bridgehead atoms. The molecular formula is C16H20O4. The fourth-order valence-electron chi connectivity index (χ4n) is 2.09. The minimum absolute atomic E-state index is 0.0771. The number of rotatable bonds is 5. The lowest BCUT2D eigenvalue weighted by atomic mass is 10.0. The molecule has 2 rings (SSSR count). The summed E-state index contributed by atoms with van der Waals surface area (Å²) in [6.45, 7) is 4.36. The van der Waals surface area contributed by atoms with Crippen molar-refractivity contribution in [2.45, 2.75) is 39.1 Å². The van der Waals surface area contributed by atoms with Gasteiger partial charge in [0.25, 0.3) is 0 Å². The summed E-state index contributed by atoms with van der Waals surface area (Å²) in [5.41, 5.74) is 2.06. The topological polar surface area (TPSA) is 44.8 Å². The van der Waals surface area contributed by atoms with Crippen LogP contribution in [0.3, 0.4) is 0 Å². The van der Waals surface area contributed by atoms with Crippen LogP contribution >= 0.6 is 0 Å². The first-order valence-electron chi connectivity index (χ1n) is 6.76. The van der Waals surface area contributed by atoms with Crippen LogP contribution in [0.5, 0.6) is 0 Å². The molecule has 0 spiro atoms. The van der Waals surface area contributed by atoms with Gasteiger partial charge in [0.05, 0.1) is 19.5 Å². The van der Waals surface area contributed by atoms with Gasteiger partial charge in [0.2, 0.25) is 0 Å². The van der Waals surface area contributed by atoms with Crippen LogP contribution in [-0.4, -0.2) is 24.8 Å². The first kappa shape index (κ1) is 14.6. The number of hydrogen-bond acceptors (Lipinski definition) is 4. The van der Waals surface area contributed by atoms with Gasteiger partial charge in [-0.05, 0) is 12.5 Å². The van der Waals surface area contributed by atoms with Crippen molar-refractivity contribution < 1.29 is 19.0 Å². The van der Waals surface area contributed by atoms with Crippen LogP contribution in [-0.2, 0) is 25.6 Å². The molecule has 20 heavy (non-hydrogen) atoms. The van der Waals surface area contributed by atoms with E-state index in [2.05, 4.69) is 0 Å². The van der Waals surface area contributed by atoms with Crippen LogP contribution in [0.15, 0.2) is 42.2 Å². The quantitative estimate of drug-likeness (QED) is 0.776. The zero-order chi connectivity index (χ0) is 14.4. The molecule has 4 heteroatoms. The molecule has 0 aliphatic carbocycles. The van der Waals surface area contributed by atoms with Crippen LogP contribution in [0.4, 0.5) is 0 Å². The number of carbonyl (C=O) groups is 1. The molecule has 0 fully saturated rings. The van der Waals surface area contributed by atoms with E-state index in [1.807, 2.05) is 37.3 Å². The molecule has 0 unspecified atom stereocenters. The van der Waals surface area contributed by atoms with Crippen molar-refractivity contribution in [2.75, 3.05) is 6.61 Å². The molecule has 2 atom stereocenters. The highest BCUT2D eigenvalue weighted by atomic mass is 16.6. The summed E-state index contributed by atoms with van der Waals surface area (Å²) in [4.78, 5) is 11.0. The molecule has 0 saturated heterocycles. The molecular weight excluding hydrogens is 256 g/mol. The molecule has 1 aliphatic rings. The van der Waals surface area contributed by atoms with E-state index in [-0.39, 0.29) is 18.2 Å². The fourth-order valence-corrected chi connectivity index (χ4v) is 2.09. The predicted octanol–water partition coefficient (Wildman–Crippen LogP) is 2.83. The largest absolute Gasteiger partial charge is 0.495 e.